The molecule has 0 atom stereocenters. The summed E-state index contributed by atoms with van der Waals surface area (Å²) in [6.07, 6.45) is 3.69. The van der Waals surface area contributed by atoms with Gasteiger partial charge in [-0.3, -0.25) is 9.59 Å². The summed E-state index contributed by atoms with van der Waals surface area (Å²) >= 11 is 10.6. The second-order valence-corrected chi connectivity index (χ2v) is 13.5. The quantitative estimate of drug-likeness (QED) is 0.420. The van der Waals surface area contributed by atoms with Crippen molar-refractivity contribution < 1.29 is 27.7 Å². The highest BCUT2D eigenvalue weighted by Crippen LogP contribution is 2.59. The van der Waals surface area contributed by atoms with Crippen LogP contribution in [0.15, 0.2) is 0 Å². The average molecular weight is 458 g/mol. The molecule has 2 fully saturated rings. The van der Waals surface area contributed by atoms with Gasteiger partial charge in [-0.25, -0.2) is 0 Å². The van der Waals surface area contributed by atoms with E-state index in [-0.39, 0.29) is 37.7 Å². The summed E-state index contributed by atoms with van der Waals surface area (Å²) in [6, 6.07) is 0. The Hall–Kier alpha value is 0.0800. The van der Waals surface area contributed by atoms with Crippen molar-refractivity contribution in [2.75, 3.05) is 39.5 Å². The molecule has 0 aliphatic carbocycles. The number of hydrogen-bond donors (Lipinski definition) is 2. The van der Waals surface area contributed by atoms with Gasteiger partial charge in [-0.1, -0.05) is 26.7 Å². The van der Waals surface area contributed by atoms with Crippen LogP contribution < -0.4 is 10.6 Å². The molecule has 8 nitrogen and oxygen atoms in total. The highest BCUT2D eigenvalue weighted by molar-refractivity contribution is 8.18. The van der Waals surface area contributed by atoms with Crippen molar-refractivity contribution in [1.29, 1.82) is 0 Å². The third-order valence-electron chi connectivity index (χ3n) is 4.27. The summed E-state index contributed by atoms with van der Waals surface area (Å²) < 4.78 is 22.7. The first-order valence-corrected chi connectivity index (χ1v) is 14.4. The van der Waals surface area contributed by atoms with Gasteiger partial charge in [-0.2, -0.15) is 0 Å². The van der Waals surface area contributed by atoms with Gasteiger partial charge in [0.25, 0.3) is 13.0 Å². The van der Waals surface area contributed by atoms with Gasteiger partial charge in [0.2, 0.25) is 0 Å². The third kappa shape index (κ3) is 6.03. The zero-order chi connectivity index (χ0) is 20.0. The molecule has 0 unspecified atom stereocenters. The number of hydrogen-bond acceptors (Lipinski definition) is 8. The molecule has 2 aliphatic rings. The van der Waals surface area contributed by atoms with Gasteiger partial charge >= 0.3 is 11.3 Å². The SMILES string of the molecule is CCCCNC(=O)P1(=S)OCC2(CO1)COP(=S)(C(=O)NCCCC)OC2. The van der Waals surface area contributed by atoms with Crippen molar-refractivity contribution >= 4 is 47.9 Å². The predicted octanol–water partition coefficient (Wildman–Crippen LogP) is 3.70. The van der Waals surface area contributed by atoms with E-state index in [1.165, 1.54) is 0 Å². The van der Waals surface area contributed by atoms with Crippen LogP contribution in [0.4, 0.5) is 9.59 Å². The van der Waals surface area contributed by atoms with Crippen molar-refractivity contribution in [1.82, 2.24) is 10.6 Å². The van der Waals surface area contributed by atoms with Gasteiger partial charge in [0.1, 0.15) is 0 Å². The Morgan fingerprint density at radius 2 is 1.15 bits per heavy atom. The fourth-order valence-electron chi connectivity index (χ4n) is 2.38. The Morgan fingerprint density at radius 1 is 0.815 bits per heavy atom. The van der Waals surface area contributed by atoms with Crippen LogP contribution in [0.25, 0.3) is 0 Å². The van der Waals surface area contributed by atoms with E-state index in [9.17, 15) is 9.59 Å². The minimum atomic E-state index is -3.03. The molecule has 2 saturated heterocycles. The van der Waals surface area contributed by atoms with Crippen LogP contribution in [0.2, 0.25) is 0 Å². The standard InChI is InChI=1S/C15H28N2O6P2S2/c1-3-5-7-16-13(18)24(26)20-9-15(10-21-24)11-22-25(27,23-12-15)14(19)17-8-6-4-2/h3-12H2,1-2H3,(H,16,18)(H,17,19). The van der Waals surface area contributed by atoms with E-state index in [1.54, 1.807) is 0 Å². The van der Waals surface area contributed by atoms with Crippen LogP contribution in [0.5, 0.6) is 0 Å². The summed E-state index contributed by atoms with van der Waals surface area (Å²) in [5, 5.41) is 5.53. The highest BCUT2D eigenvalue weighted by Gasteiger charge is 2.49. The molecule has 12 heteroatoms. The second kappa shape index (κ2) is 10.2. The molecule has 0 radical (unpaired) electrons. The first kappa shape index (κ1) is 23.4. The van der Waals surface area contributed by atoms with Crippen LogP contribution in [-0.4, -0.2) is 50.8 Å². The lowest BCUT2D eigenvalue weighted by Crippen LogP contribution is -2.47. The van der Waals surface area contributed by atoms with Crippen LogP contribution >= 0.6 is 13.0 Å². The number of nitrogens with one attached hydrogen (secondary N) is 2. The monoisotopic (exact) mass is 458 g/mol. The molecule has 27 heavy (non-hydrogen) atoms. The molecule has 2 N–H and O–H groups in total. The lowest BCUT2D eigenvalue weighted by Gasteiger charge is -2.44. The lowest BCUT2D eigenvalue weighted by atomic mass is 9.93. The van der Waals surface area contributed by atoms with Crippen molar-refractivity contribution in [3.63, 3.8) is 0 Å². The van der Waals surface area contributed by atoms with Gasteiger partial charge in [-0.15, -0.1) is 0 Å². The third-order valence-corrected chi connectivity index (χ3v) is 9.72. The zero-order valence-corrected chi connectivity index (χ0v) is 19.2. The van der Waals surface area contributed by atoms with E-state index in [0.29, 0.717) is 13.1 Å². The molecule has 0 aromatic heterocycles. The van der Waals surface area contributed by atoms with Crippen molar-refractivity contribution in [3.05, 3.63) is 0 Å². The van der Waals surface area contributed by atoms with Crippen LogP contribution in [-0.2, 0) is 41.7 Å². The van der Waals surface area contributed by atoms with E-state index in [2.05, 4.69) is 10.6 Å². The normalized spacial score (nSPS) is 33.6. The van der Waals surface area contributed by atoms with Gasteiger partial charge < -0.3 is 28.7 Å². The van der Waals surface area contributed by atoms with Crippen molar-refractivity contribution in [3.8, 4) is 0 Å². The lowest BCUT2D eigenvalue weighted by molar-refractivity contribution is -0.0518. The largest absolute Gasteiger partial charge is 0.348 e. The number of rotatable bonds is 8. The van der Waals surface area contributed by atoms with E-state index in [4.69, 9.17) is 41.7 Å². The van der Waals surface area contributed by atoms with Crippen LogP contribution in [0.1, 0.15) is 39.5 Å². The second-order valence-electron chi connectivity index (χ2n) is 6.76. The zero-order valence-electron chi connectivity index (χ0n) is 15.7. The summed E-state index contributed by atoms with van der Waals surface area (Å²) in [6.45, 7) is -0.170. The average Bonchev–Trinajstić information content (AvgIpc) is 2.67. The Morgan fingerprint density at radius 3 is 1.44 bits per heavy atom. The molecule has 2 aliphatic heterocycles. The van der Waals surface area contributed by atoms with Gasteiger partial charge in [0.15, 0.2) is 0 Å². The maximum absolute atomic E-state index is 12.2. The van der Waals surface area contributed by atoms with Crippen LogP contribution in [0.3, 0.4) is 0 Å². The van der Waals surface area contributed by atoms with E-state index in [1.807, 2.05) is 13.8 Å². The fourth-order valence-corrected chi connectivity index (χ4v) is 6.41. The molecule has 0 aromatic carbocycles. The Labute approximate surface area is 170 Å². The Bertz CT molecular complexity index is 566. The Kier molecular flexibility index (Phi) is 8.84. The van der Waals surface area contributed by atoms with E-state index < -0.39 is 18.4 Å². The summed E-state index contributed by atoms with van der Waals surface area (Å²) in [5.41, 5.74) is -1.32. The van der Waals surface area contributed by atoms with Crippen molar-refractivity contribution in [2.45, 2.75) is 39.5 Å². The van der Waals surface area contributed by atoms with E-state index >= 15 is 0 Å². The molecule has 2 amide bonds. The molecule has 1 spiro atoms. The first-order chi connectivity index (χ1) is 12.8. The molecule has 0 saturated carbocycles. The van der Waals surface area contributed by atoms with E-state index in [0.717, 1.165) is 25.7 Å². The molecule has 156 valence electrons. The molecule has 2 rings (SSSR count). The highest BCUT2D eigenvalue weighted by atomic mass is 32.5. The molecule has 2 heterocycles. The molecular formula is C15H28N2O6P2S2. The van der Waals surface area contributed by atoms with Gasteiger partial charge in [-0.05, 0) is 36.5 Å². The maximum Gasteiger partial charge on any atom is 0.304 e. The smallest absolute Gasteiger partial charge is 0.304 e. The Balaban J connectivity index is 1.86. The number of amides is 2. The fraction of sp³-hybridized carbons (Fsp3) is 0.867. The number of carbonyl (C=O) groups is 2. The first-order valence-electron chi connectivity index (χ1n) is 9.14. The summed E-state index contributed by atoms with van der Waals surface area (Å²) in [5.74, 6) is 0. The predicted molar refractivity (Wildman–Crippen MR) is 111 cm³/mol. The number of unbranched alkanes of at least 4 members (excludes halogenated alkanes) is 2. The minimum absolute atomic E-state index is 0.179. The molecule has 0 aromatic rings. The summed E-state index contributed by atoms with van der Waals surface area (Å²) in [7, 11) is 0. The number of carbonyl (C=O) groups excluding carboxylic acids is 2. The van der Waals surface area contributed by atoms with Gasteiger partial charge in [0.05, 0.1) is 31.8 Å². The minimum Gasteiger partial charge on any atom is -0.348 e. The topological polar surface area (TPSA) is 95.1 Å². The molecular weight excluding hydrogens is 430 g/mol. The molecule has 0 bridgehead atoms. The van der Waals surface area contributed by atoms with Gasteiger partial charge in [0, 0.05) is 13.1 Å². The maximum atomic E-state index is 12.2. The summed E-state index contributed by atoms with van der Waals surface area (Å²) in [4.78, 5) is 24.5. The van der Waals surface area contributed by atoms with Crippen molar-refractivity contribution in [2.24, 2.45) is 5.41 Å². The van der Waals surface area contributed by atoms with Crippen LogP contribution in [0, 0.1) is 5.41 Å².